The summed E-state index contributed by atoms with van der Waals surface area (Å²) in [6, 6.07) is 6.23. The minimum absolute atomic E-state index is 0.175. The summed E-state index contributed by atoms with van der Waals surface area (Å²) in [7, 11) is 1.68. The fraction of sp³-hybridized carbons (Fsp3) is 0.533. The summed E-state index contributed by atoms with van der Waals surface area (Å²) in [6.45, 7) is 5.27. The van der Waals surface area contributed by atoms with E-state index >= 15 is 0 Å². The summed E-state index contributed by atoms with van der Waals surface area (Å²) in [5.41, 5.74) is 8.23. The molecule has 0 radical (unpaired) electrons. The molecule has 0 aliphatic carbocycles. The molecule has 1 atom stereocenters. The predicted octanol–water partition coefficient (Wildman–Crippen LogP) is 2.73. The average molecular weight is 261 g/mol. The van der Waals surface area contributed by atoms with Gasteiger partial charge in [-0.15, -0.1) is 0 Å². The maximum absolute atomic E-state index is 6.07. The van der Waals surface area contributed by atoms with Crippen molar-refractivity contribution in [2.75, 3.05) is 7.11 Å². The highest BCUT2D eigenvalue weighted by Gasteiger charge is 2.13. The van der Waals surface area contributed by atoms with E-state index in [2.05, 4.69) is 24.5 Å². The molecular formula is C15H23N3O. The number of nitrogens with two attached hydrogens (primary N) is 1. The Kier molecular flexibility index (Phi) is 4.43. The van der Waals surface area contributed by atoms with Crippen LogP contribution in [-0.4, -0.2) is 22.7 Å². The highest BCUT2D eigenvalue weighted by atomic mass is 16.5. The lowest BCUT2D eigenvalue weighted by molar-refractivity contribution is 0.415. The zero-order chi connectivity index (χ0) is 13.8. The summed E-state index contributed by atoms with van der Waals surface area (Å²) in [5.74, 6) is 1.93. The second kappa shape index (κ2) is 6.06. The first-order valence-electron chi connectivity index (χ1n) is 6.98. The number of benzene rings is 1. The third-order valence-electron chi connectivity index (χ3n) is 3.45. The van der Waals surface area contributed by atoms with Crippen LogP contribution in [0.4, 0.5) is 0 Å². The number of fused-ring (bicyclic) bond motifs is 1. The van der Waals surface area contributed by atoms with Crippen molar-refractivity contribution in [3.63, 3.8) is 0 Å². The number of aryl methyl sites for hydroxylation is 1. The van der Waals surface area contributed by atoms with Crippen LogP contribution >= 0.6 is 0 Å². The fourth-order valence-electron chi connectivity index (χ4n) is 2.29. The van der Waals surface area contributed by atoms with Crippen LogP contribution in [0.3, 0.4) is 0 Å². The van der Waals surface area contributed by atoms with Gasteiger partial charge in [0, 0.05) is 25.1 Å². The van der Waals surface area contributed by atoms with Gasteiger partial charge >= 0.3 is 0 Å². The van der Waals surface area contributed by atoms with E-state index in [9.17, 15) is 0 Å². The Morgan fingerprint density at radius 3 is 2.79 bits per heavy atom. The largest absolute Gasteiger partial charge is 0.497 e. The van der Waals surface area contributed by atoms with Gasteiger partial charge < -0.3 is 15.0 Å². The summed E-state index contributed by atoms with van der Waals surface area (Å²) in [5, 5.41) is 0. The van der Waals surface area contributed by atoms with Gasteiger partial charge in [0.1, 0.15) is 11.6 Å². The van der Waals surface area contributed by atoms with Gasteiger partial charge in [0.2, 0.25) is 0 Å². The molecule has 2 N–H and O–H groups in total. The van der Waals surface area contributed by atoms with Crippen LogP contribution < -0.4 is 10.5 Å². The summed E-state index contributed by atoms with van der Waals surface area (Å²) in [6.07, 6.45) is 2.89. The average Bonchev–Trinajstić information content (AvgIpc) is 2.76. The SMILES string of the molecule is CCCn1c(CC(N)CC)nc2cc(OC)ccc21. The fourth-order valence-corrected chi connectivity index (χ4v) is 2.29. The Morgan fingerprint density at radius 2 is 2.16 bits per heavy atom. The zero-order valence-electron chi connectivity index (χ0n) is 12.0. The Morgan fingerprint density at radius 1 is 1.37 bits per heavy atom. The Hall–Kier alpha value is -1.55. The molecule has 4 heteroatoms. The van der Waals surface area contributed by atoms with Gasteiger partial charge in [0.05, 0.1) is 18.1 Å². The second-order valence-electron chi connectivity index (χ2n) is 4.91. The quantitative estimate of drug-likeness (QED) is 0.870. The number of rotatable bonds is 6. The Bertz CT molecular complexity index is 548. The highest BCUT2D eigenvalue weighted by Crippen LogP contribution is 2.23. The predicted molar refractivity (Wildman–Crippen MR) is 78.5 cm³/mol. The van der Waals surface area contributed by atoms with Crippen LogP contribution in [0.1, 0.15) is 32.5 Å². The van der Waals surface area contributed by atoms with Gasteiger partial charge in [0.25, 0.3) is 0 Å². The smallest absolute Gasteiger partial charge is 0.121 e. The molecule has 0 bridgehead atoms. The van der Waals surface area contributed by atoms with Crippen molar-refractivity contribution in [2.24, 2.45) is 5.73 Å². The Balaban J connectivity index is 2.45. The Labute approximate surface area is 114 Å². The molecule has 0 amide bonds. The van der Waals surface area contributed by atoms with Crippen LogP contribution in [0.15, 0.2) is 18.2 Å². The molecule has 0 aliphatic rings. The first kappa shape index (κ1) is 13.9. The van der Waals surface area contributed by atoms with E-state index in [-0.39, 0.29) is 6.04 Å². The highest BCUT2D eigenvalue weighted by molar-refractivity contribution is 5.77. The molecule has 1 aromatic carbocycles. The summed E-state index contributed by atoms with van der Waals surface area (Å²) < 4.78 is 7.54. The van der Waals surface area contributed by atoms with Crippen molar-refractivity contribution >= 4 is 11.0 Å². The minimum Gasteiger partial charge on any atom is -0.497 e. The molecule has 0 saturated carbocycles. The van der Waals surface area contributed by atoms with Gasteiger partial charge in [-0.25, -0.2) is 4.98 Å². The molecule has 0 fully saturated rings. The standard InChI is InChI=1S/C15H23N3O/c1-4-8-18-14-7-6-12(19-3)10-13(14)17-15(18)9-11(16)5-2/h6-7,10-11H,4-5,8-9,16H2,1-3H3. The van der Waals surface area contributed by atoms with Crippen molar-refractivity contribution < 1.29 is 4.74 Å². The third kappa shape index (κ3) is 2.89. The van der Waals surface area contributed by atoms with Gasteiger partial charge in [-0.05, 0) is 25.0 Å². The number of aromatic nitrogens is 2. The van der Waals surface area contributed by atoms with E-state index in [1.165, 1.54) is 5.52 Å². The van der Waals surface area contributed by atoms with Crippen molar-refractivity contribution in [3.05, 3.63) is 24.0 Å². The van der Waals surface area contributed by atoms with Gasteiger partial charge in [0.15, 0.2) is 0 Å². The van der Waals surface area contributed by atoms with Crippen LogP contribution in [0.2, 0.25) is 0 Å². The van der Waals surface area contributed by atoms with Gasteiger partial charge in [-0.3, -0.25) is 0 Å². The zero-order valence-corrected chi connectivity index (χ0v) is 12.0. The molecule has 0 saturated heterocycles. The maximum atomic E-state index is 6.07. The number of ether oxygens (including phenoxy) is 1. The molecule has 2 aromatic rings. The summed E-state index contributed by atoms with van der Waals surface area (Å²) >= 11 is 0. The molecule has 1 unspecified atom stereocenters. The van der Waals surface area contributed by atoms with E-state index in [0.29, 0.717) is 0 Å². The van der Waals surface area contributed by atoms with E-state index in [1.54, 1.807) is 7.11 Å². The monoisotopic (exact) mass is 261 g/mol. The van der Waals surface area contributed by atoms with E-state index in [4.69, 9.17) is 15.5 Å². The third-order valence-corrected chi connectivity index (χ3v) is 3.45. The number of nitrogens with zero attached hydrogens (tertiary/aromatic N) is 2. The number of hydrogen-bond acceptors (Lipinski definition) is 3. The molecule has 104 valence electrons. The molecule has 19 heavy (non-hydrogen) atoms. The molecule has 0 aliphatic heterocycles. The molecule has 2 rings (SSSR count). The molecular weight excluding hydrogens is 238 g/mol. The van der Waals surface area contributed by atoms with Crippen LogP contribution in [0.5, 0.6) is 5.75 Å². The van der Waals surface area contributed by atoms with E-state index in [1.807, 2.05) is 12.1 Å². The number of methoxy groups -OCH3 is 1. The first-order valence-corrected chi connectivity index (χ1v) is 6.98. The first-order chi connectivity index (χ1) is 9.19. The van der Waals surface area contributed by atoms with Crippen molar-refractivity contribution in [3.8, 4) is 5.75 Å². The van der Waals surface area contributed by atoms with Crippen LogP contribution in [0, 0.1) is 0 Å². The lowest BCUT2D eigenvalue weighted by Crippen LogP contribution is -2.23. The van der Waals surface area contributed by atoms with Crippen LogP contribution in [-0.2, 0) is 13.0 Å². The molecule has 1 heterocycles. The topological polar surface area (TPSA) is 53.1 Å². The van der Waals surface area contributed by atoms with Crippen molar-refractivity contribution in [2.45, 2.75) is 45.7 Å². The number of imidazole rings is 1. The summed E-state index contributed by atoms with van der Waals surface area (Å²) in [4.78, 5) is 4.73. The molecule has 0 spiro atoms. The van der Waals surface area contributed by atoms with Crippen molar-refractivity contribution in [1.29, 1.82) is 0 Å². The lowest BCUT2D eigenvalue weighted by atomic mass is 10.1. The van der Waals surface area contributed by atoms with Gasteiger partial charge in [-0.2, -0.15) is 0 Å². The minimum atomic E-state index is 0.175. The molecule has 4 nitrogen and oxygen atoms in total. The van der Waals surface area contributed by atoms with Crippen molar-refractivity contribution in [1.82, 2.24) is 9.55 Å². The lowest BCUT2D eigenvalue weighted by Gasteiger charge is -2.11. The number of hydrogen-bond donors (Lipinski definition) is 1. The van der Waals surface area contributed by atoms with E-state index < -0.39 is 0 Å². The molecule has 1 aromatic heterocycles. The van der Waals surface area contributed by atoms with Crippen LogP contribution in [0.25, 0.3) is 11.0 Å². The normalized spacial score (nSPS) is 12.8. The maximum Gasteiger partial charge on any atom is 0.121 e. The van der Waals surface area contributed by atoms with Gasteiger partial charge in [-0.1, -0.05) is 13.8 Å². The second-order valence-corrected chi connectivity index (χ2v) is 4.91. The van der Waals surface area contributed by atoms with E-state index in [0.717, 1.165) is 42.9 Å².